The summed E-state index contributed by atoms with van der Waals surface area (Å²) in [7, 11) is 0. The molecular formula is C24H27N5OS. The molecule has 1 heterocycles. The summed E-state index contributed by atoms with van der Waals surface area (Å²) >= 11 is 1.33. The van der Waals surface area contributed by atoms with Crippen molar-refractivity contribution in [3.63, 3.8) is 0 Å². The highest BCUT2D eigenvalue weighted by molar-refractivity contribution is 7.99. The lowest BCUT2D eigenvalue weighted by Gasteiger charge is -2.19. The van der Waals surface area contributed by atoms with E-state index in [0.717, 1.165) is 22.6 Å². The molecule has 2 aromatic carbocycles. The number of aryl methyl sites for hydroxylation is 1. The van der Waals surface area contributed by atoms with Crippen LogP contribution in [0, 0.1) is 18.3 Å². The van der Waals surface area contributed by atoms with Crippen LogP contribution in [0.1, 0.15) is 38.3 Å². The number of nitrogens with one attached hydrogen (secondary N) is 1. The summed E-state index contributed by atoms with van der Waals surface area (Å²) in [6.07, 6.45) is 0.296. The molecule has 6 nitrogen and oxygen atoms in total. The summed E-state index contributed by atoms with van der Waals surface area (Å²) in [4.78, 5) is 12.1. The van der Waals surface area contributed by atoms with Gasteiger partial charge in [-0.15, -0.1) is 10.2 Å². The van der Waals surface area contributed by atoms with Crippen LogP contribution in [0.4, 0.5) is 0 Å². The van der Waals surface area contributed by atoms with E-state index in [1.165, 1.54) is 17.3 Å². The number of rotatable bonds is 7. The standard InChI is InChI=1S/C24H27N5OS/c1-17-8-5-6-9-20(17)29-22(18-10-12-19(13-11-18)24(2,3)4)27-28-23(29)31-16-21(30)26-15-7-14-25/h5-6,8-13H,7,15-16H2,1-4H3,(H,26,30). The summed E-state index contributed by atoms with van der Waals surface area (Å²) in [5, 5.41) is 20.9. The lowest BCUT2D eigenvalue weighted by Crippen LogP contribution is -2.26. The summed E-state index contributed by atoms with van der Waals surface area (Å²) in [5.41, 5.74) is 4.36. The smallest absolute Gasteiger partial charge is 0.230 e. The second kappa shape index (κ2) is 9.80. The Labute approximate surface area is 187 Å². The monoisotopic (exact) mass is 433 g/mol. The van der Waals surface area contributed by atoms with Gasteiger partial charge in [-0.05, 0) is 29.5 Å². The van der Waals surface area contributed by atoms with Gasteiger partial charge in [0.25, 0.3) is 0 Å². The van der Waals surface area contributed by atoms with E-state index in [0.29, 0.717) is 18.1 Å². The molecule has 7 heteroatoms. The topological polar surface area (TPSA) is 83.6 Å². The van der Waals surface area contributed by atoms with Crippen LogP contribution >= 0.6 is 11.8 Å². The molecular weight excluding hydrogens is 406 g/mol. The van der Waals surface area contributed by atoms with E-state index in [9.17, 15) is 4.79 Å². The number of carbonyl (C=O) groups is 1. The molecule has 0 aliphatic rings. The van der Waals surface area contributed by atoms with Crippen LogP contribution in [0.2, 0.25) is 0 Å². The molecule has 0 aliphatic heterocycles. The van der Waals surface area contributed by atoms with Gasteiger partial charge >= 0.3 is 0 Å². The van der Waals surface area contributed by atoms with Crippen molar-refractivity contribution in [1.82, 2.24) is 20.1 Å². The largest absolute Gasteiger partial charge is 0.354 e. The third-order valence-corrected chi connectivity index (χ3v) is 5.82. The number of nitrogens with zero attached hydrogens (tertiary/aromatic N) is 4. The van der Waals surface area contributed by atoms with Crippen LogP contribution in [0.15, 0.2) is 53.7 Å². The van der Waals surface area contributed by atoms with Gasteiger partial charge in [-0.3, -0.25) is 9.36 Å². The second-order valence-corrected chi connectivity index (χ2v) is 9.24. The van der Waals surface area contributed by atoms with Crippen molar-refractivity contribution in [3.05, 3.63) is 59.7 Å². The number of para-hydroxylation sites is 1. The number of carbonyl (C=O) groups excluding carboxylic acids is 1. The van der Waals surface area contributed by atoms with Crippen LogP contribution in [-0.2, 0) is 10.2 Å². The van der Waals surface area contributed by atoms with Gasteiger partial charge in [0.05, 0.1) is 23.9 Å². The molecule has 0 unspecified atom stereocenters. The zero-order valence-electron chi connectivity index (χ0n) is 18.3. The van der Waals surface area contributed by atoms with E-state index in [1.807, 2.05) is 41.8 Å². The molecule has 0 atom stereocenters. The predicted octanol–water partition coefficient (Wildman–Crippen LogP) is 4.66. The Bertz CT molecular complexity index is 1090. The van der Waals surface area contributed by atoms with E-state index in [2.05, 4.69) is 60.6 Å². The molecule has 0 saturated heterocycles. The first-order valence-corrected chi connectivity index (χ1v) is 11.2. The number of benzene rings is 2. The van der Waals surface area contributed by atoms with Crippen LogP contribution < -0.4 is 5.32 Å². The van der Waals surface area contributed by atoms with E-state index in [1.54, 1.807) is 0 Å². The zero-order valence-corrected chi connectivity index (χ0v) is 19.2. The molecule has 1 N–H and O–H groups in total. The Morgan fingerprint density at radius 3 is 2.48 bits per heavy atom. The van der Waals surface area contributed by atoms with Crippen molar-refractivity contribution in [3.8, 4) is 23.1 Å². The molecule has 1 aromatic heterocycles. The zero-order chi connectivity index (χ0) is 22.4. The summed E-state index contributed by atoms with van der Waals surface area (Å²) < 4.78 is 2.01. The molecule has 160 valence electrons. The summed E-state index contributed by atoms with van der Waals surface area (Å²) in [6, 6.07) is 18.5. The number of hydrogen-bond acceptors (Lipinski definition) is 5. The van der Waals surface area contributed by atoms with Crippen molar-refractivity contribution >= 4 is 17.7 Å². The molecule has 0 radical (unpaired) electrons. The SMILES string of the molecule is Cc1ccccc1-n1c(SCC(=O)NCCC#N)nnc1-c1ccc(C(C)(C)C)cc1. The van der Waals surface area contributed by atoms with Crippen molar-refractivity contribution in [2.45, 2.75) is 44.7 Å². The maximum absolute atomic E-state index is 12.1. The Hall–Kier alpha value is -3.11. The van der Waals surface area contributed by atoms with E-state index < -0.39 is 0 Å². The Kier molecular flexibility index (Phi) is 7.13. The van der Waals surface area contributed by atoms with Crippen LogP contribution in [0.5, 0.6) is 0 Å². The van der Waals surface area contributed by atoms with E-state index >= 15 is 0 Å². The fourth-order valence-corrected chi connectivity index (χ4v) is 3.91. The van der Waals surface area contributed by atoms with Crippen LogP contribution in [-0.4, -0.2) is 33.0 Å². The summed E-state index contributed by atoms with van der Waals surface area (Å²) in [6.45, 7) is 8.97. The lowest BCUT2D eigenvalue weighted by molar-refractivity contribution is -0.118. The fraction of sp³-hybridized carbons (Fsp3) is 0.333. The molecule has 0 fully saturated rings. The average Bonchev–Trinajstić information content (AvgIpc) is 3.16. The number of amides is 1. The molecule has 0 aliphatic carbocycles. The minimum Gasteiger partial charge on any atom is -0.354 e. The highest BCUT2D eigenvalue weighted by atomic mass is 32.2. The third kappa shape index (κ3) is 5.53. The van der Waals surface area contributed by atoms with Gasteiger partial charge < -0.3 is 5.32 Å². The number of hydrogen-bond donors (Lipinski definition) is 1. The quantitative estimate of drug-likeness (QED) is 0.433. The van der Waals surface area contributed by atoms with Crippen LogP contribution in [0.25, 0.3) is 17.1 Å². The van der Waals surface area contributed by atoms with E-state index in [-0.39, 0.29) is 17.1 Å². The normalized spacial score (nSPS) is 11.2. The van der Waals surface area contributed by atoms with Crippen molar-refractivity contribution in [2.75, 3.05) is 12.3 Å². The summed E-state index contributed by atoms with van der Waals surface area (Å²) in [5.74, 6) is 0.816. The highest BCUT2D eigenvalue weighted by Crippen LogP contribution is 2.31. The molecule has 3 rings (SSSR count). The van der Waals surface area contributed by atoms with Crippen molar-refractivity contribution in [1.29, 1.82) is 5.26 Å². The molecule has 0 spiro atoms. The average molecular weight is 434 g/mol. The predicted molar refractivity (Wildman–Crippen MR) is 124 cm³/mol. The van der Waals surface area contributed by atoms with Crippen LogP contribution in [0.3, 0.4) is 0 Å². The first-order chi connectivity index (χ1) is 14.8. The van der Waals surface area contributed by atoms with Gasteiger partial charge in [0.2, 0.25) is 5.91 Å². The van der Waals surface area contributed by atoms with Gasteiger partial charge in [-0.1, -0.05) is 75.0 Å². The fourth-order valence-electron chi connectivity index (χ4n) is 3.14. The Morgan fingerprint density at radius 2 is 1.84 bits per heavy atom. The van der Waals surface area contributed by atoms with Gasteiger partial charge in [0.1, 0.15) is 0 Å². The minimum atomic E-state index is -0.129. The minimum absolute atomic E-state index is 0.0716. The molecule has 31 heavy (non-hydrogen) atoms. The molecule has 1 amide bonds. The van der Waals surface area contributed by atoms with Gasteiger partial charge in [-0.2, -0.15) is 5.26 Å². The lowest BCUT2D eigenvalue weighted by atomic mass is 9.87. The first-order valence-electron chi connectivity index (χ1n) is 10.2. The number of thioether (sulfide) groups is 1. The third-order valence-electron chi connectivity index (χ3n) is 4.89. The number of nitriles is 1. The molecule has 0 bridgehead atoms. The Balaban J connectivity index is 1.94. The maximum atomic E-state index is 12.1. The second-order valence-electron chi connectivity index (χ2n) is 8.30. The Morgan fingerprint density at radius 1 is 1.13 bits per heavy atom. The van der Waals surface area contributed by atoms with Gasteiger partial charge in [0.15, 0.2) is 11.0 Å². The first kappa shape index (κ1) is 22.6. The molecule has 3 aromatic rings. The van der Waals surface area contributed by atoms with Crippen molar-refractivity contribution < 1.29 is 4.79 Å². The van der Waals surface area contributed by atoms with Crippen molar-refractivity contribution in [2.24, 2.45) is 0 Å². The maximum Gasteiger partial charge on any atom is 0.230 e. The van der Waals surface area contributed by atoms with E-state index in [4.69, 9.17) is 5.26 Å². The van der Waals surface area contributed by atoms with Gasteiger partial charge in [0, 0.05) is 12.1 Å². The highest BCUT2D eigenvalue weighted by Gasteiger charge is 2.19. The molecule has 0 saturated carbocycles. The van der Waals surface area contributed by atoms with Gasteiger partial charge in [-0.25, -0.2) is 0 Å². The number of aromatic nitrogens is 3.